The van der Waals surface area contributed by atoms with Gasteiger partial charge in [0.05, 0.1) is 5.57 Å². The summed E-state index contributed by atoms with van der Waals surface area (Å²) in [6.07, 6.45) is 3.41. The van der Waals surface area contributed by atoms with E-state index in [0.717, 1.165) is 41.5 Å². The van der Waals surface area contributed by atoms with E-state index in [1.807, 2.05) is 43.3 Å². The summed E-state index contributed by atoms with van der Waals surface area (Å²) in [5.41, 5.74) is 4.58. The topological polar surface area (TPSA) is 37.3 Å². The molecule has 0 radical (unpaired) electrons. The van der Waals surface area contributed by atoms with Crippen LogP contribution in [0.3, 0.4) is 0 Å². The zero-order valence-corrected chi connectivity index (χ0v) is 15.5. The Balaban J connectivity index is 1.61. The fourth-order valence-electron chi connectivity index (χ4n) is 5.51. The van der Waals surface area contributed by atoms with Crippen LogP contribution in [0.15, 0.2) is 48.2 Å². The van der Waals surface area contributed by atoms with E-state index in [2.05, 4.69) is 6.07 Å². The van der Waals surface area contributed by atoms with Crippen molar-refractivity contribution in [2.24, 2.45) is 23.7 Å². The van der Waals surface area contributed by atoms with E-state index in [0.29, 0.717) is 28.2 Å². The number of halogens is 1. The third-order valence-corrected chi connectivity index (χ3v) is 6.97. The summed E-state index contributed by atoms with van der Waals surface area (Å²) < 4.78 is 0. The number of aliphatic hydroxyl groups excluding tert-OH is 1. The maximum atomic E-state index is 13.2. The lowest BCUT2D eigenvalue weighted by Crippen LogP contribution is -2.24. The summed E-state index contributed by atoms with van der Waals surface area (Å²) in [6.45, 7) is 2.01. The van der Waals surface area contributed by atoms with Crippen LogP contribution in [-0.4, -0.2) is 10.9 Å². The van der Waals surface area contributed by atoms with Crippen molar-refractivity contribution >= 4 is 23.0 Å². The molecule has 3 heteroatoms. The van der Waals surface area contributed by atoms with E-state index in [9.17, 15) is 9.90 Å². The van der Waals surface area contributed by atoms with E-state index < -0.39 is 0 Å². The van der Waals surface area contributed by atoms with Crippen LogP contribution in [0.25, 0.3) is 16.7 Å². The number of allylic oxidation sites excluding steroid dienone is 2. The van der Waals surface area contributed by atoms with E-state index >= 15 is 0 Å². The first-order valence-corrected chi connectivity index (χ1v) is 9.76. The number of fused-ring (bicyclic) bond motifs is 5. The van der Waals surface area contributed by atoms with Gasteiger partial charge in [-0.3, -0.25) is 4.79 Å². The van der Waals surface area contributed by atoms with Gasteiger partial charge < -0.3 is 5.11 Å². The summed E-state index contributed by atoms with van der Waals surface area (Å²) in [7, 11) is 0. The third kappa shape index (κ3) is 2.21. The van der Waals surface area contributed by atoms with Crippen LogP contribution in [0.1, 0.15) is 30.4 Å². The molecule has 0 aromatic heterocycles. The predicted octanol–water partition coefficient (Wildman–Crippen LogP) is 5.83. The molecule has 0 heterocycles. The number of carbonyl (C=O) groups is 1. The van der Waals surface area contributed by atoms with Gasteiger partial charge >= 0.3 is 0 Å². The second kappa shape index (κ2) is 5.72. The average Bonchev–Trinajstić information content (AvgIpc) is 3.31. The van der Waals surface area contributed by atoms with Gasteiger partial charge in [-0.25, -0.2) is 0 Å². The Kier molecular flexibility index (Phi) is 3.55. The average molecular weight is 365 g/mol. The molecule has 4 atom stereocenters. The molecule has 3 aliphatic rings. The lowest BCUT2D eigenvalue weighted by Gasteiger charge is -2.23. The zero-order chi connectivity index (χ0) is 18.0. The first-order valence-electron chi connectivity index (χ1n) is 9.39. The Morgan fingerprint density at radius 1 is 0.962 bits per heavy atom. The molecule has 2 aromatic rings. The molecule has 0 aliphatic heterocycles. The number of aryl methyl sites for hydroxylation is 1. The monoisotopic (exact) mass is 364 g/mol. The molecule has 0 spiro atoms. The van der Waals surface area contributed by atoms with Crippen molar-refractivity contribution < 1.29 is 9.90 Å². The normalized spacial score (nSPS) is 29.5. The van der Waals surface area contributed by atoms with E-state index in [1.165, 1.54) is 0 Å². The van der Waals surface area contributed by atoms with Crippen molar-refractivity contribution in [1.29, 1.82) is 0 Å². The Morgan fingerprint density at radius 2 is 1.62 bits per heavy atom. The maximum absolute atomic E-state index is 13.2. The number of rotatable bonds is 2. The van der Waals surface area contributed by atoms with E-state index in [4.69, 9.17) is 11.6 Å². The minimum Gasteiger partial charge on any atom is -0.511 e. The first kappa shape index (κ1) is 16.1. The number of hydrogen-bond acceptors (Lipinski definition) is 2. The van der Waals surface area contributed by atoms with Crippen molar-refractivity contribution in [2.75, 3.05) is 0 Å². The molecule has 0 unspecified atom stereocenters. The van der Waals surface area contributed by atoms with Gasteiger partial charge in [0.25, 0.3) is 0 Å². The highest BCUT2D eigenvalue weighted by Crippen LogP contribution is 2.60. The highest BCUT2D eigenvalue weighted by Gasteiger charge is 2.57. The lowest BCUT2D eigenvalue weighted by molar-refractivity contribution is -0.118. The smallest absolute Gasteiger partial charge is 0.170 e. The minimum atomic E-state index is 0.0161. The summed E-state index contributed by atoms with van der Waals surface area (Å²) >= 11 is 6.00. The molecule has 132 valence electrons. The summed E-state index contributed by atoms with van der Waals surface area (Å²) in [5.74, 6) is 1.56. The van der Waals surface area contributed by atoms with Crippen LogP contribution in [0.2, 0.25) is 5.02 Å². The molecule has 0 saturated heterocycles. The molecule has 2 fully saturated rings. The molecular formula is C23H21ClO2. The molecule has 26 heavy (non-hydrogen) atoms. The molecule has 2 saturated carbocycles. The van der Waals surface area contributed by atoms with Crippen LogP contribution in [0.4, 0.5) is 0 Å². The van der Waals surface area contributed by atoms with E-state index in [-0.39, 0.29) is 17.6 Å². The summed E-state index contributed by atoms with van der Waals surface area (Å²) in [5, 5.41) is 11.7. The van der Waals surface area contributed by atoms with Crippen LogP contribution in [-0.2, 0) is 4.79 Å². The van der Waals surface area contributed by atoms with Crippen LogP contribution >= 0.6 is 11.6 Å². The number of benzene rings is 2. The molecule has 2 aromatic carbocycles. The van der Waals surface area contributed by atoms with Crippen molar-refractivity contribution in [2.45, 2.75) is 26.2 Å². The Bertz CT molecular complexity index is 941. The van der Waals surface area contributed by atoms with Crippen molar-refractivity contribution in [3.05, 3.63) is 64.4 Å². The van der Waals surface area contributed by atoms with Gasteiger partial charge in [0.15, 0.2) is 5.78 Å². The second-order valence-electron chi connectivity index (χ2n) is 8.05. The van der Waals surface area contributed by atoms with Crippen LogP contribution in [0, 0.1) is 30.6 Å². The summed E-state index contributed by atoms with van der Waals surface area (Å²) in [4.78, 5) is 13.2. The third-order valence-electron chi connectivity index (χ3n) is 6.72. The zero-order valence-electron chi connectivity index (χ0n) is 14.7. The SMILES string of the molecule is Cc1ccc(-c2ccc(Cl)cc2)cc1C1=C(O)[C@@H]2[C@@H]3CC[C@@H](C3)[C@@H]2C1=O. The van der Waals surface area contributed by atoms with Gasteiger partial charge in [-0.1, -0.05) is 35.9 Å². The number of ketones is 1. The number of Topliss-reactive ketones (excluding diaryl/α,β-unsaturated/α-hetero) is 1. The van der Waals surface area contributed by atoms with Gasteiger partial charge in [-0.2, -0.15) is 0 Å². The molecule has 0 amide bonds. The number of hydrogen-bond donors (Lipinski definition) is 1. The number of carbonyl (C=O) groups excluding carboxylic acids is 1. The van der Waals surface area contributed by atoms with E-state index in [1.54, 1.807) is 0 Å². The van der Waals surface area contributed by atoms with Crippen LogP contribution < -0.4 is 0 Å². The Labute approximate surface area is 158 Å². The summed E-state index contributed by atoms with van der Waals surface area (Å²) in [6, 6.07) is 13.9. The van der Waals surface area contributed by atoms with Gasteiger partial charge in [-0.15, -0.1) is 0 Å². The molecule has 1 N–H and O–H groups in total. The predicted molar refractivity (Wildman–Crippen MR) is 104 cm³/mol. The quantitative estimate of drug-likeness (QED) is 0.727. The number of aliphatic hydroxyl groups is 1. The highest BCUT2D eigenvalue weighted by molar-refractivity contribution is 6.30. The fraction of sp³-hybridized carbons (Fsp3) is 0.348. The molecule has 2 nitrogen and oxygen atoms in total. The molecular weight excluding hydrogens is 344 g/mol. The molecule has 5 rings (SSSR count). The standard InChI is InChI=1S/C23H21ClO2/c1-12-2-3-14(13-6-8-17(24)9-7-13)11-18(12)21-22(25)19-15-4-5-16(10-15)20(19)23(21)26/h2-3,6-9,11,15-16,19-20,25H,4-5,10H2,1H3/t15-,16+,19-,20+/m1/s1. The first-order chi connectivity index (χ1) is 12.5. The Hall–Kier alpha value is -2.06. The molecule has 2 bridgehead atoms. The van der Waals surface area contributed by atoms with Crippen LogP contribution in [0.5, 0.6) is 0 Å². The highest BCUT2D eigenvalue weighted by atomic mass is 35.5. The van der Waals surface area contributed by atoms with Gasteiger partial charge in [-0.05, 0) is 78.5 Å². The van der Waals surface area contributed by atoms with Gasteiger partial charge in [0.1, 0.15) is 5.76 Å². The Morgan fingerprint density at radius 3 is 2.31 bits per heavy atom. The maximum Gasteiger partial charge on any atom is 0.170 e. The second-order valence-corrected chi connectivity index (χ2v) is 8.48. The fourth-order valence-corrected chi connectivity index (χ4v) is 5.63. The largest absolute Gasteiger partial charge is 0.511 e. The van der Waals surface area contributed by atoms with Gasteiger partial charge in [0, 0.05) is 16.9 Å². The van der Waals surface area contributed by atoms with Crippen molar-refractivity contribution in [1.82, 2.24) is 0 Å². The minimum absolute atomic E-state index is 0.0161. The van der Waals surface area contributed by atoms with Crippen molar-refractivity contribution in [3.63, 3.8) is 0 Å². The lowest BCUT2D eigenvalue weighted by atomic mass is 9.80. The van der Waals surface area contributed by atoms with Gasteiger partial charge in [0.2, 0.25) is 0 Å². The van der Waals surface area contributed by atoms with Crippen molar-refractivity contribution in [3.8, 4) is 11.1 Å². The molecule has 3 aliphatic carbocycles.